The summed E-state index contributed by atoms with van der Waals surface area (Å²) in [4.78, 5) is 34.9. The van der Waals surface area contributed by atoms with E-state index in [2.05, 4.69) is 5.10 Å². The summed E-state index contributed by atoms with van der Waals surface area (Å²) in [6, 6.07) is 0. The third-order valence-corrected chi connectivity index (χ3v) is 3.27. The number of fused-ring (bicyclic) bond motifs is 1. The molecule has 20 heavy (non-hydrogen) atoms. The van der Waals surface area contributed by atoms with Crippen LogP contribution in [0.2, 0.25) is 0 Å². The van der Waals surface area contributed by atoms with E-state index in [0.29, 0.717) is 13.2 Å². The lowest BCUT2D eigenvalue weighted by atomic mass is 10.2. The van der Waals surface area contributed by atoms with Gasteiger partial charge < -0.3 is 4.74 Å². The Bertz CT molecular complexity index is 558. The van der Waals surface area contributed by atoms with E-state index >= 15 is 0 Å². The molecule has 0 unspecified atom stereocenters. The van der Waals surface area contributed by atoms with Crippen molar-refractivity contribution in [1.29, 1.82) is 0 Å². The summed E-state index contributed by atoms with van der Waals surface area (Å²) in [7, 11) is 0. The van der Waals surface area contributed by atoms with Gasteiger partial charge in [-0.3, -0.25) is 14.2 Å². The Morgan fingerprint density at radius 3 is 2.80 bits per heavy atom. The maximum absolute atomic E-state index is 12.0. The van der Waals surface area contributed by atoms with E-state index in [4.69, 9.17) is 4.74 Å². The third-order valence-electron chi connectivity index (χ3n) is 3.27. The van der Waals surface area contributed by atoms with Gasteiger partial charge in [0.1, 0.15) is 12.4 Å². The zero-order valence-electron chi connectivity index (χ0n) is 11.6. The number of hydrogen-bond acceptors (Lipinski definition) is 5. The molecule has 7 nitrogen and oxygen atoms in total. The van der Waals surface area contributed by atoms with Crippen LogP contribution in [0.4, 0.5) is 0 Å². The lowest BCUT2D eigenvalue weighted by Gasteiger charge is -2.09. The number of Topliss-reactive ketones (excluding diaryl/α,β-unsaturated/α-hetero) is 1. The molecule has 110 valence electrons. The fourth-order valence-electron chi connectivity index (χ4n) is 2.27. The Balaban J connectivity index is 1.93. The first-order valence-corrected chi connectivity index (χ1v) is 6.95. The van der Waals surface area contributed by atoms with Gasteiger partial charge >= 0.3 is 11.7 Å². The number of ether oxygens (including phenoxy) is 1. The van der Waals surface area contributed by atoms with Crippen LogP contribution in [0.15, 0.2) is 4.79 Å². The van der Waals surface area contributed by atoms with Crippen molar-refractivity contribution < 1.29 is 14.3 Å². The number of carbonyl (C=O) groups excluding carboxylic acids is 2. The van der Waals surface area contributed by atoms with E-state index in [1.807, 2.05) is 0 Å². The largest absolute Gasteiger partial charge is 0.466 e. The van der Waals surface area contributed by atoms with Crippen LogP contribution in [0.1, 0.15) is 38.4 Å². The van der Waals surface area contributed by atoms with Gasteiger partial charge in [0.2, 0.25) is 0 Å². The average Bonchev–Trinajstić information content (AvgIpc) is 2.74. The molecule has 7 heteroatoms. The van der Waals surface area contributed by atoms with Crippen LogP contribution < -0.4 is 5.69 Å². The molecule has 0 N–H and O–H groups in total. The van der Waals surface area contributed by atoms with Gasteiger partial charge in [0.25, 0.3) is 0 Å². The molecular formula is C13H19N3O4. The monoisotopic (exact) mass is 281 g/mol. The van der Waals surface area contributed by atoms with E-state index in [-0.39, 0.29) is 30.9 Å². The van der Waals surface area contributed by atoms with Crippen LogP contribution >= 0.6 is 0 Å². The Morgan fingerprint density at radius 2 is 2.10 bits per heavy atom. The van der Waals surface area contributed by atoms with E-state index in [9.17, 15) is 14.4 Å². The molecule has 0 saturated carbocycles. The highest BCUT2D eigenvalue weighted by Gasteiger charge is 2.18. The number of ketones is 1. The molecule has 1 aromatic heterocycles. The Labute approximate surface area is 116 Å². The highest BCUT2D eigenvalue weighted by atomic mass is 16.5. The molecule has 0 amide bonds. The van der Waals surface area contributed by atoms with Gasteiger partial charge in [0.05, 0.1) is 13.0 Å². The van der Waals surface area contributed by atoms with Crippen LogP contribution in [0.25, 0.3) is 0 Å². The van der Waals surface area contributed by atoms with Crippen molar-refractivity contribution >= 4 is 11.8 Å². The summed E-state index contributed by atoms with van der Waals surface area (Å²) < 4.78 is 7.58. The lowest BCUT2D eigenvalue weighted by Crippen LogP contribution is -2.29. The second-order valence-corrected chi connectivity index (χ2v) is 4.81. The number of aryl methyl sites for hydroxylation is 1. The van der Waals surface area contributed by atoms with Gasteiger partial charge in [-0.15, -0.1) is 0 Å². The second kappa shape index (κ2) is 6.49. The smallest absolute Gasteiger partial charge is 0.346 e. The average molecular weight is 281 g/mol. The second-order valence-electron chi connectivity index (χ2n) is 4.81. The van der Waals surface area contributed by atoms with Gasteiger partial charge in [-0.1, -0.05) is 0 Å². The summed E-state index contributed by atoms with van der Waals surface area (Å²) in [6.07, 6.45) is 2.89. The molecule has 0 aromatic carbocycles. The third kappa shape index (κ3) is 3.34. The van der Waals surface area contributed by atoms with E-state index in [1.165, 1.54) is 4.68 Å². The van der Waals surface area contributed by atoms with Crippen molar-refractivity contribution in [2.75, 3.05) is 6.61 Å². The molecule has 1 aromatic rings. The number of carbonyl (C=O) groups is 2. The molecule has 0 bridgehead atoms. The van der Waals surface area contributed by atoms with Crippen LogP contribution in [-0.2, 0) is 33.8 Å². The number of hydrogen-bond donors (Lipinski definition) is 0. The van der Waals surface area contributed by atoms with Crippen LogP contribution in [0.3, 0.4) is 0 Å². The highest BCUT2D eigenvalue weighted by molar-refractivity contribution is 5.82. The zero-order valence-corrected chi connectivity index (χ0v) is 11.6. The minimum atomic E-state index is -0.391. The number of nitrogens with zero attached hydrogens (tertiary/aromatic N) is 3. The Morgan fingerprint density at radius 1 is 1.30 bits per heavy atom. The molecule has 0 spiro atoms. The topological polar surface area (TPSA) is 83.2 Å². The molecule has 2 rings (SSSR count). The molecule has 0 saturated heterocycles. The predicted octanol–water partition coefficient (Wildman–Crippen LogP) is 0.293. The SMILES string of the molecule is CCOC(=O)CCC(=O)Cn1nc2n(c1=O)CCCC2. The summed E-state index contributed by atoms with van der Waals surface area (Å²) in [5.74, 6) is 0.173. The number of rotatable bonds is 6. The highest BCUT2D eigenvalue weighted by Crippen LogP contribution is 2.09. The van der Waals surface area contributed by atoms with Gasteiger partial charge in [0, 0.05) is 19.4 Å². The Kier molecular flexibility index (Phi) is 4.70. The molecular weight excluding hydrogens is 262 g/mol. The van der Waals surface area contributed by atoms with Gasteiger partial charge in [-0.2, -0.15) is 5.10 Å². The van der Waals surface area contributed by atoms with Crippen LogP contribution in [-0.4, -0.2) is 32.7 Å². The van der Waals surface area contributed by atoms with Crippen molar-refractivity contribution in [2.45, 2.75) is 52.1 Å². The molecule has 0 aliphatic carbocycles. The molecule has 1 aliphatic heterocycles. The maximum atomic E-state index is 12.0. The lowest BCUT2D eigenvalue weighted by molar-refractivity contribution is -0.144. The zero-order chi connectivity index (χ0) is 14.5. The minimum Gasteiger partial charge on any atom is -0.466 e. The fourth-order valence-corrected chi connectivity index (χ4v) is 2.27. The van der Waals surface area contributed by atoms with E-state index < -0.39 is 5.97 Å². The van der Waals surface area contributed by atoms with Gasteiger partial charge in [-0.25, -0.2) is 9.48 Å². The van der Waals surface area contributed by atoms with E-state index in [1.54, 1.807) is 11.5 Å². The van der Waals surface area contributed by atoms with Crippen molar-refractivity contribution in [2.24, 2.45) is 0 Å². The maximum Gasteiger partial charge on any atom is 0.346 e. The molecule has 1 aliphatic rings. The van der Waals surface area contributed by atoms with Crippen molar-refractivity contribution in [1.82, 2.24) is 14.3 Å². The molecule has 0 radical (unpaired) electrons. The summed E-state index contributed by atoms with van der Waals surface area (Å²) in [5.41, 5.74) is -0.232. The van der Waals surface area contributed by atoms with Crippen molar-refractivity contribution in [3.8, 4) is 0 Å². The quantitative estimate of drug-likeness (QED) is 0.700. The van der Waals surface area contributed by atoms with Crippen molar-refractivity contribution in [3.05, 3.63) is 16.3 Å². The summed E-state index contributed by atoms with van der Waals surface area (Å²) in [6.45, 7) is 2.62. The van der Waals surface area contributed by atoms with Crippen LogP contribution in [0.5, 0.6) is 0 Å². The Hall–Kier alpha value is -1.92. The minimum absolute atomic E-state index is 0.0506. The summed E-state index contributed by atoms with van der Waals surface area (Å²) in [5, 5.41) is 4.18. The first-order valence-electron chi connectivity index (χ1n) is 6.95. The molecule has 2 heterocycles. The van der Waals surface area contributed by atoms with Crippen LogP contribution in [0, 0.1) is 0 Å². The molecule has 0 atom stereocenters. The fraction of sp³-hybridized carbons (Fsp3) is 0.692. The molecule has 0 fully saturated rings. The first-order chi connectivity index (χ1) is 9.61. The van der Waals surface area contributed by atoms with Gasteiger partial charge in [-0.05, 0) is 19.8 Å². The van der Waals surface area contributed by atoms with E-state index in [0.717, 1.165) is 25.1 Å². The van der Waals surface area contributed by atoms with Crippen molar-refractivity contribution in [3.63, 3.8) is 0 Å². The standard InChI is InChI=1S/C13H19N3O4/c1-2-20-12(18)7-6-10(17)9-16-13(19)15-8-4-3-5-11(15)14-16/h2-9H2,1H3. The normalized spacial score (nSPS) is 13.8. The summed E-state index contributed by atoms with van der Waals surface area (Å²) >= 11 is 0. The number of aromatic nitrogens is 3. The number of esters is 1. The van der Waals surface area contributed by atoms with Gasteiger partial charge in [0.15, 0.2) is 5.78 Å². The predicted molar refractivity (Wildman–Crippen MR) is 70.3 cm³/mol. The first kappa shape index (κ1) is 14.5.